The van der Waals surface area contributed by atoms with Gasteiger partial charge in [0.2, 0.25) is 0 Å². The van der Waals surface area contributed by atoms with Crippen molar-refractivity contribution >= 4 is 22.6 Å². The zero-order valence-corrected chi connectivity index (χ0v) is 20.9. The topological polar surface area (TPSA) is 30.3 Å². The van der Waals surface area contributed by atoms with Gasteiger partial charge in [0.25, 0.3) is 0 Å². The second-order valence-corrected chi connectivity index (χ2v) is 9.14. The van der Waals surface area contributed by atoms with E-state index >= 15 is 0 Å². The predicted octanol–water partition coefficient (Wildman–Crippen LogP) is 7.18. The molecule has 1 heterocycles. The van der Waals surface area contributed by atoms with Crippen molar-refractivity contribution < 1.29 is 4.74 Å². The first-order valence-electron chi connectivity index (χ1n) is 12.1. The fourth-order valence-corrected chi connectivity index (χ4v) is 4.25. The van der Waals surface area contributed by atoms with Crippen LogP contribution in [0, 0.1) is 13.8 Å². The number of imidazole rings is 1. The van der Waals surface area contributed by atoms with Gasteiger partial charge in [-0.25, -0.2) is 4.98 Å². The van der Waals surface area contributed by atoms with Crippen molar-refractivity contribution in [2.45, 2.75) is 73.0 Å². The smallest absolute Gasteiger partial charge is 0.147 e. The van der Waals surface area contributed by atoms with E-state index in [9.17, 15) is 0 Å². The molecule has 5 heteroatoms. The van der Waals surface area contributed by atoms with E-state index in [1.807, 2.05) is 24.3 Å². The first-order valence-corrected chi connectivity index (χ1v) is 12.5. The normalized spacial score (nSPS) is 11.6. The maximum Gasteiger partial charge on any atom is 0.147 e. The number of fused-ring (bicyclic) bond motifs is 1. The van der Waals surface area contributed by atoms with Gasteiger partial charge in [0, 0.05) is 11.6 Å². The van der Waals surface area contributed by atoms with Crippen LogP contribution in [0.4, 0.5) is 0 Å². The predicted molar refractivity (Wildman–Crippen MR) is 136 cm³/mol. The molecule has 0 atom stereocenters. The Hall–Kier alpha value is -2.04. The van der Waals surface area contributed by atoms with E-state index in [0.717, 1.165) is 47.1 Å². The Kier molecular flexibility index (Phi) is 9.43. The summed E-state index contributed by atoms with van der Waals surface area (Å²) in [5, 5.41) is 0.717. The number of benzene rings is 2. The highest BCUT2D eigenvalue weighted by molar-refractivity contribution is 6.31. The van der Waals surface area contributed by atoms with Crippen molar-refractivity contribution in [3.05, 3.63) is 58.4 Å². The Balaban J connectivity index is 1.74. The van der Waals surface area contributed by atoms with Crippen molar-refractivity contribution in [2.75, 3.05) is 19.6 Å². The lowest BCUT2D eigenvalue weighted by Crippen LogP contribution is -2.28. The summed E-state index contributed by atoms with van der Waals surface area (Å²) in [5.74, 6) is 1.88. The van der Waals surface area contributed by atoms with Gasteiger partial charge in [-0.1, -0.05) is 50.4 Å². The van der Waals surface area contributed by atoms with Crippen molar-refractivity contribution in [1.82, 2.24) is 14.5 Å². The number of aryl methyl sites for hydroxylation is 2. The summed E-state index contributed by atoms with van der Waals surface area (Å²) in [6.07, 6.45) is 6.12. The molecule has 0 unspecified atom stereocenters. The van der Waals surface area contributed by atoms with Crippen LogP contribution in [0.15, 0.2) is 36.4 Å². The SMILES string of the molecule is CCCCN(CCCC)CCCn1c(COc2cccc(C)c2C)nc2cc(Cl)ccc21. The minimum atomic E-state index is 0.450. The van der Waals surface area contributed by atoms with Gasteiger partial charge < -0.3 is 14.2 Å². The first-order chi connectivity index (χ1) is 15.5. The van der Waals surface area contributed by atoms with Gasteiger partial charge in [-0.2, -0.15) is 0 Å². The fraction of sp³-hybridized carbons (Fsp3) is 0.519. The van der Waals surface area contributed by atoms with Crippen LogP contribution in [0.5, 0.6) is 5.75 Å². The quantitative estimate of drug-likeness (QED) is 0.273. The van der Waals surface area contributed by atoms with Gasteiger partial charge in [0.1, 0.15) is 18.2 Å². The van der Waals surface area contributed by atoms with Gasteiger partial charge in [-0.05, 0) is 88.1 Å². The lowest BCUT2D eigenvalue weighted by atomic mass is 10.1. The third kappa shape index (κ3) is 6.49. The molecule has 3 rings (SSSR count). The summed E-state index contributed by atoms with van der Waals surface area (Å²) >= 11 is 6.25. The fourth-order valence-electron chi connectivity index (χ4n) is 4.09. The number of aromatic nitrogens is 2. The number of hydrogen-bond donors (Lipinski definition) is 0. The third-order valence-electron chi connectivity index (χ3n) is 6.21. The Labute approximate surface area is 198 Å². The molecule has 4 nitrogen and oxygen atoms in total. The number of halogens is 1. The number of hydrogen-bond acceptors (Lipinski definition) is 3. The summed E-state index contributed by atoms with van der Waals surface area (Å²) in [5.41, 5.74) is 4.48. The zero-order chi connectivity index (χ0) is 22.9. The van der Waals surface area contributed by atoms with E-state index < -0.39 is 0 Å². The van der Waals surface area contributed by atoms with Crippen LogP contribution in [-0.4, -0.2) is 34.1 Å². The van der Waals surface area contributed by atoms with E-state index in [1.54, 1.807) is 0 Å². The van der Waals surface area contributed by atoms with Gasteiger partial charge in [-0.3, -0.25) is 0 Å². The summed E-state index contributed by atoms with van der Waals surface area (Å²) in [6.45, 7) is 13.6. The van der Waals surface area contributed by atoms with Crippen LogP contribution in [-0.2, 0) is 13.2 Å². The van der Waals surface area contributed by atoms with Crippen molar-refractivity contribution in [3.63, 3.8) is 0 Å². The van der Waals surface area contributed by atoms with E-state index in [2.05, 4.69) is 49.3 Å². The van der Waals surface area contributed by atoms with Gasteiger partial charge in [0.05, 0.1) is 11.0 Å². The van der Waals surface area contributed by atoms with Gasteiger partial charge >= 0.3 is 0 Å². The van der Waals surface area contributed by atoms with E-state index in [0.29, 0.717) is 6.61 Å². The second-order valence-electron chi connectivity index (χ2n) is 8.70. The average molecular weight is 456 g/mol. The maximum absolute atomic E-state index is 6.25. The first kappa shape index (κ1) is 24.6. The molecule has 32 heavy (non-hydrogen) atoms. The largest absolute Gasteiger partial charge is 0.485 e. The second kappa shape index (κ2) is 12.3. The molecule has 3 aromatic rings. The minimum absolute atomic E-state index is 0.450. The molecule has 1 aromatic heterocycles. The number of nitrogens with zero attached hydrogens (tertiary/aromatic N) is 3. The zero-order valence-electron chi connectivity index (χ0n) is 20.2. The molecule has 174 valence electrons. The molecule has 0 N–H and O–H groups in total. The van der Waals surface area contributed by atoms with Crippen LogP contribution >= 0.6 is 11.6 Å². The van der Waals surface area contributed by atoms with Crippen molar-refractivity contribution in [2.24, 2.45) is 0 Å². The lowest BCUT2D eigenvalue weighted by Gasteiger charge is -2.22. The molecule has 0 saturated heterocycles. The molecule has 0 saturated carbocycles. The lowest BCUT2D eigenvalue weighted by molar-refractivity contribution is 0.254. The minimum Gasteiger partial charge on any atom is -0.485 e. The summed E-state index contributed by atoms with van der Waals surface area (Å²) in [7, 11) is 0. The van der Waals surface area contributed by atoms with E-state index in [1.165, 1.54) is 49.9 Å². The number of ether oxygens (including phenoxy) is 1. The Morgan fingerprint density at radius 2 is 1.69 bits per heavy atom. The van der Waals surface area contributed by atoms with Crippen LogP contribution < -0.4 is 4.74 Å². The summed E-state index contributed by atoms with van der Waals surface area (Å²) in [6, 6.07) is 12.2. The molecule has 0 aliphatic carbocycles. The number of rotatable bonds is 13. The van der Waals surface area contributed by atoms with Gasteiger partial charge in [0.15, 0.2) is 0 Å². The molecular formula is C27H38ClN3O. The van der Waals surface area contributed by atoms with Crippen LogP contribution in [0.3, 0.4) is 0 Å². The summed E-state index contributed by atoms with van der Waals surface area (Å²) in [4.78, 5) is 7.50. The molecular weight excluding hydrogens is 418 g/mol. The highest BCUT2D eigenvalue weighted by Gasteiger charge is 2.13. The monoisotopic (exact) mass is 455 g/mol. The van der Waals surface area contributed by atoms with Gasteiger partial charge in [-0.15, -0.1) is 0 Å². The summed E-state index contributed by atoms with van der Waals surface area (Å²) < 4.78 is 8.53. The molecule has 0 bridgehead atoms. The molecule has 0 aliphatic heterocycles. The highest BCUT2D eigenvalue weighted by atomic mass is 35.5. The van der Waals surface area contributed by atoms with Crippen molar-refractivity contribution in [3.8, 4) is 5.75 Å². The van der Waals surface area contributed by atoms with E-state index in [-0.39, 0.29) is 0 Å². The van der Waals surface area contributed by atoms with Crippen LogP contribution in [0.1, 0.15) is 62.9 Å². The molecule has 0 spiro atoms. The molecule has 0 amide bonds. The highest BCUT2D eigenvalue weighted by Crippen LogP contribution is 2.24. The molecule has 0 fully saturated rings. The Bertz CT molecular complexity index is 990. The third-order valence-corrected chi connectivity index (χ3v) is 6.45. The van der Waals surface area contributed by atoms with Crippen LogP contribution in [0.2, 0.25) is 5.02 Å². The number of unbranched alkanes of at least 4 members (excludes halogenated alkanes) is 2. The average Bonchev–Trinajstić information content (AvgIpc) is 3.12. The maximum atomic E-state index is 6.25. The van der Waals surface area contributed by atoms with Crippen LogP contribution in [0.25, 0.3) is 11.0 Å². The van der Waals surface area contributed by atoms with E-state index in [4.69, 9.17) is 21.3 Å². The Morgan fingerprint density at radius 3 is 2.41 bits per heavy atom. The molecule has 0 radical (unpaired) electrons. The molecule has 0 aliphatic rings. The molecule has 2 aromatic carbocycles. The van der Waals surface area contributed by atoms with Crippen molar-refractivity contribution in [1.29, 1.82) is 0 Å². The standard InChI is InChI=1S/C27H38ClN3O/c1-5-7-15-30(16-8-6-2)17-10-18-31-25-14-13-23(28)19-24(25)29-27(31)20-32-26-12-9-11-21(3)22(26)4/h9,11-14,19H,5-8,10,15-18,20H2,1-4H3. The Morgan fingerprint density at radius 1 is 0.969 bits per heavy atom.